The minimum absolute atomic E-state index is 0.0583. The molecule has 1 amide bonds. The van der Waals surface area contributed by atoms with Gasteiger partial charge in [-0.15, -0.1) is 0 Å². The van der Waals surface area contributed by atoms with Crippen LogP contribution in [0.15, 0.2) is 70.6 Å². The second kappa shape index (κ2) is 12.4. The molecule has 0 atom stereocenters. The summed E-state index contributed by atoms with van der Waals surface area (Å²) in [5.41, 5.74) is 2.22. The predicted molar refractivity (Wildman–Crippen MR) is 154 cm³/mol. The Morgan fingerprint density at radius 3 is 2.55 bits per heavy atom. The van der Waals surface area contributed by atoms with Crippen LogP contribution in [0.25, 0.3) is 6.08 Å². The second-order valence-electron chi connectivity index (χ2n) is 8.05. The molecule has 1 aliphatic heterocycles. The number of rotatable bonds is 8. The molecule has 0 unspecified atom stereocenters. The predicted octanol–water partition coefficient (Wildman–Crippen LogP) is 6.43. The summed E-state index contributed by atoms with van der Waals surface area (Å²) in [6.45, 7) is 2.33. The van der Waals surface area contributed by atoms with Gasteiger partial charge >= 0.3 is 5.97 Å². The fourth-order valence-electron chi connectivity index (χ4n) is 3.54. The molecular weight excluding hydrogens is 622 g/mol. The number of carbonyl (C=O) groups is 2. The smallest absolute Gasteiger partial charge is 0.337 e. The lowest BCUT2D eigenvalue weighted by Crippen LogP contribution is -2.23. The quantitative estimate of drug-likeness (QED) is 0.160. The number of carbonyl (C=O) groups excluding carboxylic acids is 2. The number of benzene rings is 3. The SMILES string of the molecule is CCOc1cc(C=C2SC(=Nc3ccc(C(=O)OC)cc3)N(C)C2=O)cc(I)c1OCc1ccccc1F. The number of nitrogens with zero attached hydrogens (tertiary/aromatic N) is 2. The van der Waals surface area contributed by atoms with Crippen LogP contribution in [0.2, 0.25) is 0 Å². The number of hydrogen-bond acceptors (Lipinski definition) is 7. The molecule has 10 heteroatoms. The van der Waals surface area contributed by atoms with Gasteiger partial charge in [-0.3, -0.25) is 9.69 Å². The monoisotopic (exact) mass is 646 g/mol. The minimum atomic E-state index is -0.429. The van der Waals surface area contributed by atoms with Gasteiger partial charge in [0, 0.05) is 12.6 Å². The van der Waals surface area contributed by atoms with Gasteiger partial charge in [0.1, 0.15) is 12.4 Å². The number of hydrogen-bond donors (Lipinski definition) is 0. The van der Waals surface area contributed by atoms with Crippen molar-refractivity contribution in [3.05, 3.63) is 91.6 Å². The molecule has 0 aromatic heterocycles. The zero-order valence-electron chi connectivity index (χ0n) is 20.9. The molecule has 7 nitrogen and oxygen atoms in total. The Bertz CT molecular complexity index is 1430. The van der Waals surface area contributed by atoms with Crippen molar-refractivity contribution < 1.29 is 28.2 Å². The second-order valence-corrected chi connectivity index (χ2v) is 10.2. The lowest BCUT2D eigenvalue weighted by molar-refractivity contribution is -0.121. The van der Waals surface area contributed by atoms with Crippen LogP contribution in [0, 0.1) is 9.39 Å². The van der Waals surface area contributed by atoms with Crippen LogP contribution in [0.4, 0.5) is 10.1 Å². The summed E-state index contributed by atoms with van der Waals surface area (Å²) < 4.78 is 31.3. The Kier molecular flexibility index (Phi) is 9.05. The highest BCUT2D eigenvalue weighted by Crippen LogP contribution is 2.38. The average Bonchev–Trinajstić information content (AvgIpc) is 3.16. The lowest BCUT2D eigenvalue weighted by atomic mass is 10.1. The molecule has 1 fully saturated rings. The molecule has 4 rings (SSSR count). The van der Waals surface area contributed by atoms with Gasteiger partial charge in [-0.05, 0) is 95.4 Å². The fourth-order valence-corrected chi connectivity index (χ4v) is 5.31. The van der Waals surface area contributed by atoms with Crippen LogP contribution in [0.3, 0.4) is 0 Å². The van der Waals surface area contributed by atoms with E-state index in [0.29, 0.717) is 45.0 Å². The number of amides is 1. The lowest BCUT2D eigenvalue weighted by Gasteiger charge is -2.15. The van der Waals surface area contributed by atoms with Crippen LogP contribution in [-0.4, -0.2) is 42.7 Å². The molecule has 0 bridgehead atoms. The van der Waals surface area contributed by atoms with Crippen LogP contribution in [-0.2, 0) is 16.1 Å². The summed E-state index contributed by atoms with van der Waals surface area (Å²) in [7, 11) is 2.98. The maximum absolute atomic E-state index is 14.0. The highest BCUT2D eigenvalue weighted by Gasteiger charge is 2.30. The molecule has 1 heterocycles. The van der Waals surface area contributed by atoms with E-state index in [2.05, 4.69) is 27.6 Å². The van der Waals surface area contributed by atoms with Gasteiger partial charge in [0.25, 0.3) is 5.91 Å². The number of thioether (sulfide) groups is 1. The number of likely N-dealkylation sites (N-methyl/N-ethyl adjacent to an activating group) is 1. The molecule has 0 N–H and O–H groups in total. The number of amidine groups is 1. The third-order valence-electron chi connectivity index (χ3n) is 5.48. The van der Waals surface area contributed by atoms with Crippen molar-refractivity contribution in [2.75, 3.05) is 20.8 Å². The van der Waals surface area contributed by atoms with Gasteiger partial charge in [0.2, 0.25) is 0 Å². The molecule has 196 valence electrons. The van der Waals surface area contributed by atoms with Gasteiger partial charge in [-0.1, -0.05) is 18.2 Å². The Morgan fingerprint density at radius 1 is 1.13 bits per heavy atom. The van der Waals surface area contributed by atoms with Gasteiger partial charge in [0.05, 0.1) is 33.4 Å². The Hall–Kier alpha value is -3.38. The molecule has 1 aliphatic rings. The van der Waals surface area contributed by atoms with Crippen molar-refractivity contribution in [2.24, 2.45) is 4.99 Å². The van der Waals surface area contributed by atoms with Gasteiger partial charge in [0.15, 0.2) is 16.7 Å². The van der Waals surface area contributed by atoms with Crippen molar-refractivity contribution in [1.29, 1.82) is 0 Å². The Balaban J connectivity index is 1.57. The zero-order chi connectivity index (χ0) is 27.2. The molecule has 3 aromatic carbocycles. The van der Waals surface area contributed by atoms with Crippen molar-refractivity contribution in [3.8, 4) is 11.5 Å². The number of aliphatic imine (C=N–C) groups is 1. The van der Waals surface area contributed by atoms with E-state index in [1.165, 1.54) is 29.8 Å². The van der Waals surface area contributed by atoms with E-state index >= 15 is 0 Å². The summed E-state index contributed by atoms with van der Waals surface area (Å²) >= 11 is 3.39. The standard InChI is InChI=1S/C28H24FIN2O5S/c1-4-36-23-14-17(13-22(30)25(23)37-16-19-7-5-6-8-21(19)29)15-24-26(33)32(2)28(38-24)31-20-11-9-18(10-12-20)27(34)35-3/h5-15H,4,16H2,1-3H3. The average molecular weight is 646 g/mol. The van der Waals surface area contributed by atoms with Gasteiger partial charge in [-0.25, -0.2) is 14.2 Å². The molecule has 0 saturated carbocycles. The zero-order valence-corrected chi connectivity index (χ0v) is 23.8. The van der Waals surface area contributed by atoms with E-state index in [1.54, 1.807) is 61.7 Å². The van der Waals surface area contributed by atoms with Gasteiger partial charge < -0.3 is 14.2 Å². The number of halogens is 2. The van der Waals surface area contributed by atoms with Gasteiger partial charge in [-0.2, -0.15) is 0 Å². The molecular formula is C28H24FIN2O5S. The van der Waals surface area contributed by atoms with Crippen molar-refractivity contribution >= 4 is 63.2 Å². The highest BCUT2D eigenvalue weighted by molar-refractivity contribution is 14.1. The molecule has 0 aliphatic carbocycles. The number of esters is 1. The van der Waals surface area contributed by atoms with Crippen LogP contribution in [0.1, 0.15) is 28.4 Å². The molecule has 0 spiro atoms. The number of methoxy groups -OCH3 is 1. The van der Waals surface area contributed by atoms with Crippen LogP contribution in [0.5, 0.6) is 11.5 Å². The van der Waals surface area contributed by atoms with E-state index in [4.69, 9.17) is 14.2 Å². The van der Waals surface area contributed by atoms with Crippen molar-refractivity contribution in [1.82, 2.24) is 4.90 Å². The summed E-state index contributed by atoms with van der Waals surface area (Å²) in [6.07, 6.45) is 1.78. The van der Waals surface area contributed by atoms with E-state index in [0.717, 1.165) is 9.13 Å². The van der Waals surface area contributed by atoms with Crippen LogP contribution < -0.4 is 9.47 Å². The van der Waals surface area contributed by atoms with E-state index in [-0.39, 0.29) is 18.3 Å². The Labute approximate surface area is 237 Å². The minimum Gasteiger partial charge on any atom is -0.490 e. The normalized spacial score (nSPS) is 15.3. The molecule has 3 aromatic rings. The summed E-state index contributed by atoms with van der Waals surface area (Å²) in [5.74, 6) is 0.0676. The van der Waals surface area contributed by atoms with E-state index in [9.17, 15) is 14.0 Å². The third kappa shape index (κ3) is 6.36. The largest absolute Gasteiger partial charge is 0.490 e. The first-order valence-corrected chi connectivity index (χ1v) is 13.5. The fraction of sp³-hybridized carbons (Fsp3) is 0.179. The summed E-state index contributed by atoms with van der Waals surface area (Å²) in [4.78, 5) is 31.1. The van der Waals surface area contributed by atoms with E-state index in [1.807, 2.05) is 13.0 Å². The molecule has 1 saturated heterocycles. The molecule has 38 heavy (non-hydrogen) atoms. The summed E-state index contributed by atoms with van der Waals surface area (Å²) in [5, 5.41) is 0.511. The first-order valence-electron chi connectivity index (χ1n) is 11.6. The first kappa shape index (κ1) is 27.6. The third-order valence-corrected chi connectivity index (χ3v) is 7.34. The molecule has 0 radical (unpaired) electrons. The van der Waals surface area contributed by atoms with E-state index < -0.39 is 5.97 Å². The van der Waals surface area contributed by atoms with Crippen molar-refractivity contribution in [2.45, 2.75) is 13.5 Å². The number of ether oxygens (including phenoxy) is 3. The Morgan fingerprint density at radius 2 is 1.87 bits per heavy atom. The maximum atomic E-state index is 14.0. The summed E-state index contributed by atoms with van der Waals surface area (Å²) in [6, 6.07) is 16.8. The maximum Gasteiger partial charge on any atom is 0.337 e. The highest BCUT2D eigenvalue weighted by atomic mass is 127. The van der Waals surface area contributed by atoms with Crippen LogP contribution >= 0.6 is 34.4 Å². The van der Waals surface area contributed by atoms with Crippen molar-refractivity contribution in [3.63, 3.8) is 0 Å². The topological polar surface area (TPSA) is 77.4 Å². The first-order chi connectivity index (χ1) is 18.3.